The smallest absolute Gasteiger partial charge is 0.191 e. The number of rotatable bonds is 7. The van der Waals surface area contributed by atoms with Gasteiger partial charge in [-0.1, -0.05) is 37.6 Å². The maximum Gasteiger partial charge on any atom is 0.191 e. The highest BCUT2D eigenvalue weighted by molar-refractivity contribution is 14.0. The van der Waals surface area contributed by atoms with E-state index < -0.39 is 0 Å². The van der Waals surface area contributed by atoms with Crippen LogP contribution in [0.4, 0.5) is 0 Å². The Bertz CT molecular complexity index is 501. The highest BCUT2D eigenvalue weighted by Crippen LogP contribution is 2.42. The molecule has 2 N–H and O–H groups in total. The molecule has 2 rings (SSSR count). The molecule has 0 aliphatic heterocycles. The van der Waals surface area contributed by atoms with Crippen LogP contribution < -0.4 is 10.6 Å². The molecule has 0 saturated heterocycles. The summed E-state index contributed by atoms with van der Waals surface area (Å²) >= 11 is 0. The highest BCUT2D eigenvalue weighted by atomic mass is 127. The average molecular weight is 444 g/mol. The van der Waals surface area contributed by atoms with Crippen molar-refractivity contribution in [3.8, 4) is 0 Å². The SMILES string of the molecule is CCC1(CNC(=NC)NCc2ccc(CN(C)C)cc2)CCC1.I. The lowest BCUT2D eigenvalue weighted by Gasteiger charge is -2.41. The second kappa shape index (κ2) is 10.2. The topological polar surface area (TPSA) is 39.7 Å². The molecule has 0 atom stereocenters. The molecular formula is C19H33IN4. The molecule has 24 heavy (non-hydrogen) atoms. The van der Waals surface area contributed by atoms with Crippen LogP contribution in [-0.4, -0.2) is 38.5 Å². The third kappa shape index (κ3) is 6.24. The van der Waals surface area contributed by atoms with Gasteiger partial charge in [0.2, 0.25) is 0 Å². The molecule has 1 fully saturated rings. The zero-order chi connectivity index (χ0) is 16.7. The first-order valence-electron chi connectivity index (χ1n) is 8.74. The molecule has 0 spiro atoms. The van der Waals surface area contributed by atoms with Gasteiger partial charge >= 0.3 is 0 Å². The van der Waals surface area contributed by atoms with E-state index in [1.807, 2.05) is 7.05 Å². The summed E-state index contributed by atoms with van der Waals surface area (Å²) in [6, 6.07) is 8.79. The van der Waals surface area contributed by atoms with E-state index in [1.54, 1.807) is 0 Å². The predicted octanol–water partition coefficient (Wildman–Crippen LogP) is 3.61. The normalized spacial score (nSPS) is 16.3. The Morgan fingerprint density at radius 3 is 2.21 bits per heavy atom. The van der Waals surface area contributed by atoms with Gasteiger partial charge in [0, 0.05) is 26.7 Å². The molecule has 136 valence electrons. The number of guanidine groups is 1. The van der Waals surface area contributed by atoms with Crippen LogP contribution in [0.25, 0.3) is 0 Å². The summed E-state index contributed by atoms with van der Waals surface area (Å²) in [5.74, 6) is 0.905. The average Bonchev–Trinajstić information content (AvgIpc) is 2.50. The largest absolute Gasteiger partial charge is 0.356 e. The van der Waals surface area contributed by atoms with E-state index in [2.05, 4.69) is 65.8 Å². The lowest BCUT2D eigenvalue weighted by Crippen LogP contribution is -2.46. The molecule has 4 nitrogen and oxygen atoms in total. The van der Waals surface area contributed by atoms with Gasteiger partial charge in [0.25, 0.3) is 0 Å². The minimum Gasteiger partial charge on any atom is -0.356 e. The lowest BCUT2D eigenvalue weighted by atomic mass is 9.67. The molecule has 0 radical (unpaired) electrons. The van der Waals surface area contributed by atoms with Crippen molar-refractivity contribution in [3.05, 3.63) is 35.4 Å². The Morgan fingerprint density at radius 1 is 1.12 bits per heavy atom. The molecule has 1 aromatic rings. The van der Waals surface area contributed by atoms with Crippen molar-refractivity contribution in [1.82, 2.24) is 15.5 Å². The van der Waals surface area contributed by atoms with E-state index in [0.29, 0.717) is 5.41 Å². The van der Waals surface area contributed by atoms with Crippen LogP contribution in [0.15, 0.2) is 29.3 Å². The van der Waals surface area contributed by atoms with E-state index in [-0.39, 0.29) is 24.0 Å². The van der Waals surface area contributed by atoms with Gasteiger partial charge in [-0.2, -0.15) is 0 Å². The molecule has 1 aliphatic carbocycles. The predicted molar refractivity (Wildman–Crippen MR) is 114 cm³/mol. The van der Waals surface area contributed by atoms with Crippen molar-refractivity contribution in [2.24, 2.45) is 10.4 Å². The second-order valence-electron chi connectivity index (χ2n) is 7.04. The highest BCUT2D eigenvalue weighted by Gasteiger charge is 2.34. The molecule has 0 heterocycles. The summed E-state index contributed by atoms with van der Waals surface area (Å²) in [6.07, 6.45) is 5.33. The van der Waals surface area contributed by atoms with Gasteiger partial charge in [-0.05, 0) is 49.9 Å². The third-order valence-corrected chi connectivity index (χ3v) is 5.00. The van der Waals surface area contributed by atoms with Gasteiger partial charge in [-0.3, -0.25) is 4.99 Å². The Morgan fingerprint density at radius 2 is 1.75 bits per heavy atom. The standard InChI is InChI=1S/C19H32N4.HI/c1-5-19(11-6-12-19)15-22-18(20-2)21-13-16-7-9-17(10-8-16)14-23(3)4;/h7-10H,5-6,11-15H2,1-4H3,(H2,20,21,22);1H. The number of nitrogens with zero attached hydrogens (tertiary/aromatic N) is 2. The molecule has 1 saturated carbocycles. The van der Waals surface area contributed by atoms with Crippen LogP contribution >= 0.6 is 24.0 Å². The van der Waals surface area contributed by atoms with Crippen LogP contribution in [0.5, 0.6) is 0 Å². The maximum atomic E-state index is 4.34. The van der Waals surface area contributed by atoms with Crippen LogP contribution in [0.2, 0.25) is 0 Å². The summed E-state index contributed by atoms with van der Waals surface area (Å²) in [4.78, 5) is 6.53. The van der Waals surface area contributed by atoms with Crippen LogP contribution in [0, 0.1) is 5.41 Å². The number of benzene rings is 1. The molecule has 1 aromatic carbocycles. The quantitative estimate of drug-likeness (QED) is 0.384. The second-order valence-corrected chi connectivity index (χ2v) is 7.04. The zero-order valence-electron chi connectivity index (χ0n) is 15.6. The fourth-order valence-electron chi connectivity index (χ4n) is 3.14. The Kier molecular flexibility index (Phi) is 9.05. The fraction of sp³-hybridized carbons (Fsp3) is 0.632. The van der Waals surface area contributed by atoms with Gasteiger partial charge in [-0.15, -0.1) is 24.0 Å². The van der Waals surface area contributed by atoms with Gasteiger partial charge in [0.05, 0.1) is 0 Å². The zero-order valence-corrected chi connectivity index (χ0v) is 17.9. The third-order valence-electron chi connectivity index (χ3n) is 5.00. The van der Waals surface area contributed by atoms with E-state index in [1.165, 1.54) is 36.8 Å². The summed E-state index contributed by atoms with van der Waals surface area (Å²) in [5.41, 5.74) is 3.13. The van der Waals surface area contributed by atoms with Gasteiger partial charge in [0.15, 0.2) is 5.96 Å². The van der Waals surface area contributed by atoms with Crippen molar-refractivity contribution in [2.45, 2.75) is 45.7 Å². The monoisotopic (exact) mass is 444 g/mol. The summed E-state index contributed by atoms with van der Waals surface area (Å²) in [6.45, 7) is 5.12. The van der Waals surface area contributed by atoms with Gasteiger partial charge in [-0.25, -0.2) is 0 Å². The van der Waals surface area contributed by atoms with Crippen LogP contribution in [-0.2, 0) is 13.1 Å². The fourth-order valence-corrected chi connectivity index (χ4v) is 3.14. The molecular weight excluding hydrogens is 411 g/mol. The Hall–Kier alpha value is -0.820. The van der Waals surface area contributed by atoms with Crippen molar-refractivity contribution in [1.29, 1.82) is 0 Å². The van der Waals surface area contributed by atoms with Crippen molar-refractivity contribution < 1.29 is 0 Å². The molecule has 0 unspecified atom stereocenters. The number of hydrogen-bond acceptors (Lipinski definition) is 2. The number of nitrogens with one attached hydrogen (secondary N) is 2. The van der Waals surface area contributed by atoms with Crippen molar-refractivity contribution in [3.63, 3.8) is 0 Å². The summed E-state index contributed by atoms with van der Waals surface area (Å²) < 4.78 is 0. The molecule has 0 aromatic heterocycles. The first kappa shape index (κ1) is 21.2. The number of hydrogen-bond donors (Lipinski definition) is 2. The van der Waals surface area contributed by atoms with E-state index in [9.17, 15) is 0 Å². The molecule has 1 aliphatic rings. The van der Waals surface area contributed by atoms with Crippen LogP contribution in [0.1, 0.15) is 43.7 Å². The van der Waals surface area contributed by atoms with Crippen molar-refractivity contribution >= 4 is 29.9 Å². The minimum atomic E-state index is 0. The molecule has 0 bridgehead atoms. The minimum absolute atomic E-state index is 0. The Balaban J connectivity index is 0.00000288. The van der Waals surface area contributed by atoms with Crippen LogP contribution in [0.3, 0.4) is 0 Å². The van der Waals surface area contributed by atoms with Gasteiger partial charge < -0.3 is 15.5 Å². The maximum absolute atomic E-state index is 4.34. The number of aliphatic imine (C=N–C) groups is 1. The lowest BCUT2D eigenvalue weighted by molar-refractivity contribution is 0.131. The summed E-state index contributed by atoms with van der Waals surface area (Å²) in [5, 5.41) is 6.92. The van der Waals surface area contributed by atoms with E-state index in [0.717, 1.165) is 25.6 Å². The van der Waals surface area contributed by atoms with Crippen molar-refractivity contribution in [2.75, 3.05) is 27.7 Å². The molecule has 5 heteroatoms. The first-order chi connectivity index (χ1) is 11.1. The Labute approximate surface area is 164 Å². The van der Waals surface area contributed by atoms with E-state index >= 15 is 0 Å². The molecule has 0 amide bonds. The van der Waals surface area contributed by atoms with Gasteiger partial charge in [0.1, 0.15) is 0 Å². The number of halogens is 1. The summed E-state index contributed by atoms with van der Waals surface area (Å²) in [7, 11) is 6.03. The van der Waals surface area contributed by atoms with E-state index in [4.69, 9.17) is 0 Å². The first-order valence-corrected chi connectivity index (χ1v) is 8.74.